The van der Waals surface area contributed by atoms with E-state index in [1.165, 1.54) is 4.90 Å². The minimum absolute atomic E-state index is 0.262. The van der Waals surface area contributed by atoms with Crippen molar-refractivity contribution in [2.45, 2.75) is 39.8 Å². The van der Waals surface area contributed by atoms with E-state index in [1.807, 2.05) is 39.0 Å². The quantitative estimate of drug-likeness (QED) is 0.344. The monoisotopic (exact) mass is 618 g/mol. The number of benzene rings is 2. The molecule has 0 bridgehead atoms. The summed E-state index contributed by atoms with van der Waals surface area (Å²) in [5.74, 6) is 1.91. The largest absolute Gasteiger partial charge is 0.497 e. The molecule has 5 rings (SSSR count). The predicted molar refractivity (Wildman–Crippen MR) is 175 cm³/mol. The van der Waals surface area contributed by atoms with Gasteiger partial charge in [-0.25, -0.2) is 14.6 Å². The van der Waals surface area contributed by atoms with Gasteiger partial charge in [0.1, 0.15) is 22.9 Å². The van der Waals surface area contributed by atoms with Gasteiger partial charge in [0, 0.05) is 68.9 Å². The molecule has 2 aliphatic heterocycles. The van der Waals surface area contributed by atoms with Crippen molar-refractivity contribution >= 4 is 46.6 Å². The summed E-state index contributed by atoms with van der Waals surface area (Å²) in [5.41, 5.74) is 2.85. The standard InChI is InChI=1S/C32H42N8O5/c1-8-38-11-13-39(14-12-38)22-9-10-26(27(17-22)35-30(41)45-32(2,3)4)34-29-33-19-21-20-40(31(42)37(5)28(21)36-29)23-15-24(43-6)18-25(16-23)44-7/h9-10,15-19H,8,11-14,20H2,1-7H3,(H,35,41)(H,33,34,36). The number of urea groups is 1. The van der Waals surface area contributed by atoms with Crippen LogP contribution in [0.25, 0.3) is 0 Å². The highest BCUT2D eigenvalue weighted by Gasteiger charge is 2.31. The number of amides is 3. The van der Waals surface area contributed by atoms with Gasteiger partial charge in [0.2, 0.25) is 5.95 Å². The highest BCUT2D eigenvalue weighted by Crippen LogP contribution is 2.36. The lowest BCUT2D eigenvalue weighted by atomic mass is 10.2. The number of anilines is 6. The first-order chi connectivity index (χ1) is 21.5. The van der Waals surface area contributed by atoms with E-state index in [0.29, 0.717) is 34.4 Å². The lowest BCUT2D eigenvalue weighted by Gasteiger charge is -2.36. The number of rotatable bonds is 8. The molecule has 13 nitrogen and oxygen atoms in total. The molecular formula is C32H42N8O5. The molecule has 0 unspecified atom stereocenters. The molecular weight excluding hydrogens is 576 g/mol. The van der Waals surface area contributed by atoms with Gasteiger partial charge in [0.25, 0.3) is 0 Å². The Morgan fingerprint density at radius 1 is 0.956 bits per heavy atom. The van der Waals surface area contributed by atoms with Crippen LogP contribution in [0.4, 0.5) is 44.1 Å². The average molecular weight is 619 g/mol. The van der Waals surface area contributed by atoms with E-state index in [1.54, 1.807) is 50.6 Å². The second-order valence-corrected chi connectivity index (χ2v) is 11.9. The van der Waals surface area contributed by atoms with Gasteiger partial charge in [-0.3, -0.25) is 15.1 Å². The molecule has 0 aliphatic carbocycles. The number of nitrogens with zero attached hydrogens (tertiary/aromatic N) is 6. The Hall–Kier alpha value is -4.78. The van der Waals surface area contributed by atoms with E-state index in [0.717, 1.165) is 44.0 Å². The highest BCUT2D eigenvalue weighted by molar-refractivity contribution is 6.05. The molecule has 2 N–H and O–H groups in total. The van der Waals surface area contributed by atoms with Crippen LogP contribution in [0, 0.1) is 0 Å². The molecule has 1 fully saturated rings. The minimum Gasteiger partial charge on any atom is -0.497 e. The Bertz CT molecular complexity index is 1530. The third kappa shape index (κ3) is 7.31. The Morgan fingerprint density at radius 3 is 2.27 bits per heavy atom. The first-order valence-corrected chi connectivity index (χ1v) is 15.0. The molecule has 2 aliphatic rings. The Labute approximate surface area is 264 Å². The maximum Gasteiger partial charge on any atom is 0.412 e. The predicted octanol–water partition coefficient (Wildman–Crippen LogP) is 5.30. The first-order valence-electron chi connectivity index (χ1n) is 15.0. The molecule has 0 radical (unpaired) electrons. The van der Waals surface area contributed by atoms with Crippen molar-refractivity contribution in [3.05, 3.63) is 48.2 Å². The normalized spacial score (nSPS) is 15.4. The molecule has 13 heteroatoms. The number of hydrogen-bond donors (Lipinski definition) is 2. The summed E-state index contributed by atoms with van der Waals surface area (Å²) in [6, 6.07) is 10.9. The molecule has 3 aromatic rings. The van der Waals surface area contributed by atoms with Crippen LogP contribution in [0.5, 0.6) is 11.5 Å². The zero-order valence-electron chi connectivity index (χ0n) is 27.0. The van der Waals surface area contributed by atoms with E-state index in [2.05, 4.69) is 32.3 Å². The number of nitrogens with one attached hydrogen (secondary N) is 2. The Kier molecular flexibility index (Phi) is 9.19. The van der Waals surface area contributed by atoms with Crippen molar-refractivity contribution in [2.75, 3.05) is 79.3 Å². The fourth-order valence-corrected chi connectivity index (χ4v) is 5.32. The van der Waals surface area contributed by atoms with E-state index >= 15 is 0 Å². The molecule has 3 amide bonds. The number of hydrogen-bond acceptors (Lipinski definition) is 10. The maximum absolute atomic E-state index is 13.5. The summed E-state index contributed by atoms with van der Waals surface area (Å²) in [6.07, 6.45) is 1.13. The summed E-state index contributed by atoms with van der Waals surface area (Å²) in [4.78, 5) is 43.4. The Balaban J connectivity index is 1.41. The summed E-state index contributed by atoms with van der Waals surface area (Å²) < 4.78 is 16.3. The number of carbonyl (C=O) groups excluding carboxylic acids is 2. The van der Waals surface area contributed by atoms with Crippen molar-refractivity contribution in [1.82, 2.24) is 14.9 Å². The van der Waals surface area contributed by atoms with Crippen LogP contribution in [0.1, 0.15) is 33.3 Å². The van der Waals surface area contributed by atoms with Crippen molar-refractivity contribution in [3.63, 3.8) is 0 Å². The van der Waals surface area contributed by atoms with Crippen LogP contribution in [0.15, 0.2) is 42.6 Å². The van der Waals surface area contributed by atoms with Crippen LogP contribution >= 0.6 is 0 Å². The zero-order chi connectivity index (χ0) is 32.3. The Morgan fingerprint density at radius 2 is 1.64 bits per heavy atom. The number of carbonyl (C=O) groups is 2. The van der Waals surface area contributed by atoms with Gasteiger partial charge in [-0.15, -0.1) is 0 Å². The van der Waals surface area contributed by atoms with Crippen LogP contribution < -0.4 is 34.8 Å². The van der Waals surface area contributed by atoms with E-state index in [4.69, 9.17) is 19.2 Å². The first kappa shape index (κ1) is 31.6. The molecule has 1 aromatic heterocycles. The van der Waals surface area contributed by atoms with Crippen molar-refractivity contribution in [1.29, 1.82) is 0 Å². The van der Waals surface area contributed by atoms with Gasteiger partial charge in [0.15, 0.2) is 0 Å². The van der Waals surface area contributed by atoms with Crippen molar-refractivity contribution in [3.8, 4) is 11.5 Å². The second-order valence-electron chi connectivity index (χ2n) is 11.9. The lowest BCUT2D eigenvalue weighted by molar-refractivity contribution is 0.0636. The SMILES string of the molecule is CCN1CCN(c2ccc(Nc3ncc4c(n3)N(C)C(=O)N(c3cc(OC)cc(OC)c3)C4)c(NC(=O)OC(C)(C)C)c2)CC1. The van der Waals surface area contributed by atoms with Gasteiger partial charge in [-0.1, -0.05) is 6.92 Å². The van der Waals surface area contributed by atoms with Crippen LogP contribution in [0.3, 0.4) is 0 Å². The second kappa shape index (κ2) is 13.1. The number of ether oxygens (including phenoxy) is 3. The van der Waals surface area contributed by atoms with Gasteiger partial charge >= 0.3 is 12.1 Å². The fraction of sp³-hybridized carbons (Fsp3) is 0.438. The topological polar surface area (TPSA) is 125 Å². The number of likely N-dealkylation sites (N-methyl/N-ethyl adjacent to an activating group) is 1. The number of piperazine rings is 1. The molecule has 1 saturated heterocycles. The van der Waals surface area contributed by atoms with E-state index < -0.39 is 11.7 Å². The molecule has 0 spiro atoms. The van der Waals surface area contributed by atoms with Crippen LogP contribution in [-0.2, 0) is 11.3 Å². The van der Waals surface area contributed by atoms with Crippen molar-refractivity contribution < 1.29 is 23.8 Å². The molecule has 2 aromatic carbocycles. The minimum atomic E-state index is -0.658. The maximum atomic E-state index is 13.5. The van der Waals surface area contributed by atoms with Crippen LogP contribution in [-0.4, -0.2) is 86.6 Å². The molecule has 0 saturated carbocycles. The number of methoxy groups -OCH3 is 2. The highest BCUT2D eigenvalue weighted by atomic mass is 16.6. The summed E-state index contributed by atoms with van der Waals surface area (Å²) >= 11 is 0. The number of fused-ring (bicyclic) bond motifs is 1. The summed E-state index contributed by atoms with van der Waals surface area (Å²) in [6.45, 7) is 12.6. The smallest absolute Gasteiger partial charge is 0.412 e. The fourth-order valence-electron chi connectivity index (χ4n) is 5.32. The lowest BCUT2D eigenvalue weighted by Crippen LogP contribution is -2.46. The van der Waals surface area contributed by atoms with Crippen LogP contribution in [0.2, 0.25) is 0 Å². The molecule has 0 atom stereocenters. The molecule has 240 valence electrons. The molecule has 45 heavy (non-hydrogen) atoms. The van der Waals surface area contributed by atoms with Crippen molar-refractivity contribution in [2.24, 2.45) is 0 Å². The summed E-state index contributed by atoms with van der Waals surface area (Å²) in [5, 5.41) is 6.14. The molecule has 3 heterocycles. The van der Waals surface area contributed by atoms with E-state index in [9.17, 15) is 9.59 Å². The third-order valence-electron chi connectivity index (χ3n) is 7.72. The third-order valence-corrected chi connectivity index (χ3v) is 7.72. The summed E-state index contributed by atoms with van der Waals surface area (Å²) in [7, 11) is 4.80. The zero-order valence-corrected chi connectivity index (χ0v) is 27.0. The average Bonchev–Trinajstić information content (AvgIpc) is 3.02. The van der Waals surface area contributed by atoms with Gasteiger partial charge in [0.05, 0.1) is 37.8 Å². The van der Waals surface area contributed by atoms with Gasteiger partial charge in [-0.2, -0.15) is 4.98 Å². The van der Waals surface area contributed by atoms with E-state index in [-0.39, 0.29) is 18.5 Å². The van der Waals surface area contributed by atoms with Gasteiger partial charge in [-0.05, 0) is 45.5 Å². The van der Waals surface area contributed by atoms with Gasteiger partial charge < -0.3 is 29.3 Å². The number of aromatic nitrogens is 2.